The van der Waals surface area contributed by atoms with Gasteiger partial charge < -0.3 is 9.88 Å². The monoisotopic (exact) mass is 431 g/mol. The molecule has 0 radical (unpaired) electrons. The lowest BCUT2D eigenvalue weighted by Crippen LogP contribution is -2.26. The van der Waals surface area contributed by atoms with Crippen LogP contribution < -0.4 is 10.9 Å². The molecule has 26 heavy (non-hydrogen) atoms. The minimum Gasteiger partial charge on any atom is -0.351 e. The molecule has 0 aliphatic heterocycles. The van der Waals surface area contributed by atoms with Gasteiger partial charge in [-0.3, -0.25) is 9.59 Å². The fourth-order valence-corrected chi connectivity index (χ4v) is 3.82. The molecule has 0 atom stereocenters. The van der Waals surface area contributed by atoms with E-state index in [2.05, 4.69) is 26.2 Å². The molecule has 3 aromatic rings. The summed E-state index contributed by atoms with van der Waals surface area (Å²) in [5.74, 6) is 0.0190. The molecule has 0 spiro atoms. The van der Waals surface area contributed by atoms with Crippen molar-refractivity contribution in [1.82, 2.24) is 14.9 Å². The normalized spacial score (nSPS) is 10.8. The Morgan fingerprint density at radius 3 is 2.81 bits per heavy atom. The van der Waals surface area contributed by atoms with E-state index in [1.54, 1.807) is 4.57 Å². The zero-order valence-electron chi connectivity index (χ0n) is 14.2. The number of benzene rings is 2. The van der Waals surface area contributed by atoms with E-state index in [1.165, 1.54) is 11.8 Å². The highest BCUT2D eigenvalue weighted by atomic mass is 79.9. The van der Waals surface area contributed by atoms with Crippen LogP contribution in [0.25, 0.3) is 11.0 Å². The minimum atomic E-state index is -0.156. The maximum Gasteiger partial charge on any atom is 0.283 e. The quantitative estimate of drug-likeness (QED) is 0.605. The molecule has 1 heterocycles. The molecule has 1 amide bonds. The average molecular weight is 432 g/mol. The van der Waals surface area contributed by atoms with Crippen molar-refractivity contribution >= 4 is 44.6 Å². The van der Waals surface area contributed by atoms with Gasteiger partial charge in [0, 0.05) is 17.6 Å². The Kier molecular flexibility index (Phi) is 6.11. The summed E-state index contributed by atoms with van der Waals surface area (Å²) in [7, 11) is 0. The molecule has 0 bridgehead atoms. The predicted octanol–water partition coefficient (Wildman–Crippen LogP) is 3.59. The van der Waals surface area contributed by atoms with E-state index in [0.29, 0.717) is 18.1 Å². The molecular formula is C19H18BrN3O2S. The van der Waals surface area contributed by atoms with E-state index in [1.807, 2.05) is 55.5 Å². The largest absolute Gasteiger partial charge is 0.351 e. The number of para-hydroxylation sites is 2. The second-order valence-corrected chi connectivity index (χ2v) is 7.53. The second kappa shape index (κ2) is 8.51. The van der Waals surface area contributed by atoms with Gasteiger partial charge in [0.05, 0.1) is 16.8 Å². The zero-order chi connectivity index (χ0) is 18.5. The summed E-state index contributed by atoms with van der Waals surface area (Å²) >= 11 is 4.58. The SMILES string of the molecule is CCn1c(=O)c(SCC(=O)NCc2cccc(Br)c2)nc2ccccc21. The number of carbonyl (C=O) groups is 1. The molecule has 1 N–H and O–H groups in total. The Morgan fingerprint density at radius 2 is 2.04 bits per heavy atom. The first-order valence-corrected chi connectivity index (χ1v) is 10.00. The van der Waals surface area contributed by atoms with E-state index in [-0.39, 0.29) is 17.2 Å². The summed E-state index contributed by atoms with van der Waals surface area (Å²) in [6.07, 6.45) is 0. The molecule has 2 aromatic carbocycles. The summed E-state index contributed by atoms with van der Waals surface area (Å²) < 4.78 is 2.66. The topological polar surface area (TPSA) is 64.0 Å². The number of nitrogens with zero attached hydrogens (tertiary/aromatic N) is 2. The van der Waals surface area contributed by atoms with Gasteiger partial charge in [0.25, 0.3) is 5.56 Å². The molecule has 0 fully saturated rings. The van der Waals surface area contributed by atoms with Crippen molar-refractivity contribution < 1.29 is 4.79 Å². The summed E-state index contributed by atoms with van der Waals surface area (Å²) in [5, 5.41) is 3.21. The number of aryl methyl sites for hydroxylation is 1. The van der Waals surface area contributed by atoms with Gasteiger partial charge in [0.15, 0.2) is 5.03 Å². The molecule has 0 saturated carbocycles. The smallest absolute Gasteiger partial charge is 0.283 e. The maximum absolute atomic E-state index is 12.6. The van der Waals surface area contributed by atoms with Gasteiger partial charge in [-0.05, 0) is 36.8 Å². The molecule has 0 aliphatic rings. The van der Waals surface area contributed by atoms with E-state index in [9.17, 15) is 9.59 Å². The fraction of sp³-hybridized carbons (Fsp3) is 0.211. The van der Waals surface area contributed by atoms with E-state index < -0.39 is 0 Å². The molecule has 0 aliphatic carbocycles. The summed E-state index contributed by atoms with van der Waals surface area (Å²) in [6, 6.07) is 15.3. The van der Waals surface area contributed by atoms with Gasteiger partial charge in [0.2, 0.25) is 5.91 Å². The fourth-order valence-electron chi connectivity index (χ4n) is 2.61. The van der Waals surface area contributed by atoms with Crippen molar-refractivity contribution in [2.75, 3.05) is 5.75 Å². The lowest BCUT2D eigenvalue weighted by Gasteiger charge is -2.10. The van der Waals surface area contributed by atoms with Gasteiger partial charge in [-0.15, -0.1) is 0 Å². The van der Waals surface area contributed by atoms with Crippen LogP contribution in [0, 0.1) is 0 Å². The number of carbonyl (C=O) groups excluding carboxylic acids is 1. The summed E-state index contributed by atoms with van der Waals surface area (Å²) in [6.45, 7) is 2.93. The van der Waals surface area contributed by atoms with Crippen LogP contribution in [-0.2, 0) is 17.9 Å². The third-order valence-corrected chi connectivity index (χ3v) is 5.30. The van der Waals surface area contributed by atoms with Gasteiger partial charge in [-0.25, -0.2) is 4.98 Å². The number of hydrogen-bond acceptors (Lipinski definition) is 4. The van der Waals surface area contributed by atoms with Crippen molar-refractivity contribution in [3.8, 4) is 0 Å². The number of thioether (sulfide) groups is 1. The number of aromatic nitrogens is 2. The highest BCUT2D eigenvalue weighted by molar-refractivity contribution is 9.10. The van der Waals surface area contributed by atoms with Crippen LogP contribution in [0.5, 0.6) is 0 Å². The lowest BCUT2D eigenvalue weighted by molar-refractivity contribution is -0.118. The van der Waals surface area contributed by atoms with Crippen LogP contribution in [-0.4, -0.2) is 21.2 Å². The van der Waals surface area contributed by atoms with Crippen molar-refractivity contribution in [3.05, 3.63) is 68.9 Å². The highest BCUT2D eigenvalue weighted by Crippen LogP contribution is 2.16. The molecular weight excluding hydrogens is 414 g/mol. The maximum atomic E-state index is 12.6. The molecule has 7 heteroatoms. The first-order valence-electron chi connectivity index (χ1n) is 8.22. The zero-order valence-corrected chi connectivity index (χ0v) is 16.6. The number of amides is 1. The van der Waals surface area contributed by atoms with Crippen LogP contribution in [0.3, 0.4) is 0 Å². The predicted molar refractivity (Wildman–Crippen MR) is 108 cm³/mol. The number of nitrogens with one attached hydrogen (secondary N) is 1. The van der Waals surface area contributed by atoms with Gasteiger partial charge in [0.1, 0.15) is 0 Å². The Morgan fingerprint density at radius 1 is 1.23 bits per heavy atom. The van der Waals surface area contributed by atoms with E-state index in [4.69, 9.17) is 0 Å². The molecule has 134 valence electrons. The number of rotatable bonds is 6. The summed E-state index contributed by atoms with van der Waals surface area (Å²) in [5.41, 5.74) is 2.42. The van der Waals surface area contributed by atoms with Crippen LogP contribution in [0.1, 0.15) is 12.5 Å². The minimum absolute atomic E-state index is 0.132. The Bertz CT molecular complexity index is 1000. The van der Waals surface area contributed by atoms with Gasteiger partial charge >= 0.3 is 0 Å². The number of hydrogen-bond donors (Lipinski definition) is 1. The third kappa shape index (κ3) is 4.34. The van der Waals surface area contributed by atoms with Crippen LogP contribution in [0.15, 0.2) is 62.8 Å². The first-order chi connectivity index (χ1) is 12.6. The third-order valence-electron chi connectivity index (χ3n) is 3.86. The standard InChI is InChI=1S/C19H18BrN3O2S/c1-2-23-16-9-4-3-8-15(16)22-18(19(23)25)26-12-17(24)21-11-13-6-5-7-14(20)10-13/h3-10H,2,11-12H2,1H3,(H,21,24). The molecule has 0 unspecified atom stereocenters. The van der Waals surface area contributed by atoms with Crippen molar-refractivity contribution in [1.29, 1.82) is 0 Å². The average Bonchev–Trinajstić information content (AvgIpc) is 2.65. The molecule has 0 saturated heterocycles. The second-order valence-electron chi connectivity index (χ2n) is 5.65. The van der Waals surface area contributed by atoms with Crippen molar-refractivity contribution in [3.63, 3.8) is 0 Å². The van der Waals surface area contributed by atoms with Crippen molar-refractivity contribution in [2.24, 2.45) is 0 Å². The molecule has 3 rings (SSSR count). The van der Waals surface area contributed by atoms with E-state index >= 15 is 0 Å². The van der Waals surface area contributed by atoms with Gasteiger partial charge in [-0.2, -0.15) is 0 Å². The highest BCUT2D eigenvalue weighted by Gasteiger charge is 2.12. The molecule has 5 nitrogen and oxygen atoms in total. The van der Waals surface area contributed by atoms with E-state index in [0.717, 1.165) is 21.1 Å². The molecule has 1 aromatic heterocycles. The first kappa shape index (κ1) is 18.7. The summed E-state index contributed by atoms with van der Waals surface area (Å²) in [4.78, 5) is 29.1. The van der Waals surface area contributed by atoms with Crippen LogP contribution in [0.2, 0.25) is 0 Å². The number of halogens is 1. The lowest BCUT2D eigenvalue weighted by atomic mass is 10.2. The van der Waals surface area contributed by atoms with Gasteiger partial charge in [-0.1, -0.05) is 52.0 Å². The Labute approximate surface area is 164 Å². The Hall–Kier alpha value is -2.12. The Balaban J connectivity index is 1.68. The number of fused-ring (bicyclic) bond motifs is 1. The van der Waals surface area contributed by atoms with Crippen LogP contribution >= 0.6 is 27.7 Å². The van der Waals surface area contributed by atoms with Crippen LogP contribution in [0.4, 0.5) is 0 Å². The van der Waals surface area contributed by atoms with Crippen molar-refractivity contribution in [2.45, 2.75) is 25.0 Å².